The van der Waals surface area contributed by atoms with Gasteiger partial charge in [0.15, 0.2) is 0 Å². The minimum absolute atomic E-state index is 0.182. The first-order valence-corrected chi connectivity index (χ1v) is 8.23. The van der Waals surface area contributed by atoms with E-state index in [0.29, 0.717) is 12.5 Å². The van der Waals surface area contributed by atoms with E-state index in [2.05, 4.69) is 27.3 Å². The topological polar surface area (TPSA) is 45.0 Å². The van der Waals surface area contributed by atoms with Crippen molar-refractivity contribution in [3.8, 4) is 0 Å². The fraction of sp³-hybridized carbons (Fsp3) is 0.471. The zero-order valence-corrected chi connectivity index (χ0v) is 13.3. The summed E-state index contributed by atoms with van der Waals surface area (Å²) in [5.74, 6) is -0.182. The first-order chi connectivity index (χ1) is 10.7. The van der Waals surface area contributed by atoms with Crippen molar-refractivity contribution in [1.29, 1.82) is 0 Å². The molecule has 1 fully saturated rings. The molecule has 0 N–H and O–H groups in total. The second kappa shape index (κ2) is 7.16. The van der Waals surface area contributed by atoms with Crippen molar-refractivity contribution in [3.05, 3.63) is 46.6 Å². The predicted octanol–water partition coefficient (Wildman–Crippen LogP) is 4.00. The number of amides is 1. The largest absolute Gasteiger partial charge is 0.300 e. The van der Waals surface area contributed by atoms with E-state index in [-0.39, 0.29) is 5.91 Å². The Hall–Kier alpha value is -1.52. The minimum atomic E-state index is -0.182. The molecule has 0 aromatic heterocycles. The number of carbonyl (C=O) groups excluding carboxylic acids is 1. The Balaban J connectivity index is 1.73. The van der Waals surface area contributed by atoms with E-state index in [4.69, 9.17) is 11.6 Å². The average Bonchev–Trinajstić information content (AvgIpc) is 2.95. The van der Waals surface area contributed by atoms with Gasteiger partial charge >= 0.3 is 0 Å². The number of hydrogen-bond donors (Lipinski definition) is 0. The lowest BCUT2D eigenvalue weighted by atomic mass is 9.96. The summed E-state index contributed by atoms with van der Waals surface area (Å²) >= 11 is 5.96. The summed E-state index contributed by atoms with van der Waals surface area (Å²) < 4.78 is 0. The van der Waals surface area contributed by atoms with E-state index in [1.165, 1.54) is 24.8 Å². The summed E-state index contributed by atoms with van der Waals surface area (Å²) in [6, 6.07) is 8.31. The molecule has 1 atom stereocenters. The van der Waals surface area contributed by atoms with E-state index < -0.39 is 0 Å². The molecule has 3 rings (SSSR count). The molecule has 2 aliphatic heterocycles. The van der Waals surface area contributed by atoms with Crippen LogP contribution in [0.15, 0.2) is 46.3 Å². The van der Waals surface area contributed by atoms with Crippen molar-refractivity contribution in [3.63, 3.8) is 0 Å². The van der Waals surface area contributed by atoms with Gasteiger partial charge in [0, 0.05) is 16.6 Å². The van der Waals surface area contributed by atoms with Crippen LogP contribution in [0.3, 0.4) is 0 Å². The lowest BCUT2D eigenvalue weighted by molar-refractivity contribution is -0.114. The van der Waals surface area contributed by atoms with Crippen LogP contribution in [0.2, 0.25) is 5.02 Å². The van der Waals surface area contributed by atoms with Crippen LogP contribution in [0.25, 0.3) is 0 Å². The van der Waals surface area contributed by atoms with E-state index in [9.17, 15) is 4.79 Å². The van der Waals surface area contributed by atoms with Crippen LogP contribution >= 0.6 is 11.6 Å². The van der Waals surface area contributed by atoms with Crippen molar-refractivity contribution in [2.45, 2.75) is 38.1 Å². The molecule has 22 heavy (non-hydrogen) atoms. The van der Waals surface area contributed by atoms with Crippen LogP contribution in [0, 0.1) is 0 Å². The van der Waals surface area contributed by atoms with Crippen molar-refractivity contribution in [1.82, 2.24) is 4.90 Å². The third-order valence-corrected chi connectivity index (χ3v) is 4.64. The molecular formula is C17H20ClN3O. The number of hydrogen-bond acceptors (Lipinski definition) is 3. The van der Waals surface area contributed by atoms with Gasteiger partial charge in [-0.1, -0.05) is 30.2 Å². The van der Waals surface area contributed by atoms with Crippen molar-refractivity contribution in [2.24, 2.45) is 10.2 Å². The van der Waals surface area contributed by atoms with E-state index in [1.54, 1.807) is 6.20 Å². The lowest BCUT2D eigenvalue weighted by Gasteiger charge is -2.34. The maximum absolute atomic E-state index is 11.7. The van der Waals surface area contributed by atoms with E-state index in [0.717, 1.165) is 30.1 Å². The van der Waals surface area contributed by atoms with Crippen molar-refractivity contribution >= 4 is 17.5 Å². The first-order valence-electron chi connectivity index (χ1n) is 7.85. The van der Waals surface area contributed by atoms with Crippen LogP contribution in [0.4, 0.5) is 0 Å². The number of likely N-dealkylation sites (tertiary alicyclic amines) is 1. The van der Waals surface area contributed by atoms with Gasteiger partial charge in [-0.15, -0.1) is 5.11 Å². The molecule has 1 aromatic carbocycles. The number of rotatable bonds is 5. The second-order valence-electron chi connectivity index (χ2n) is 5.96. The maximum Gasteiger partial charge on any atom is 0.293 e. The summed E-state index contributed by atoms with van der Waals surface area (Å²) in [6.45, 7) is 2.21. The molecule has 1 saturated heterocycles. The highest BCUT2D eigenvalue weighted by atomic mass is 35.5. The molecule has 1 amide bonds. The third-order valence-electron chi connectivity index (χ3n) is 4.38. The summed E-state index contributed by atoms with van der Waals surface area (Å²) in [4.78, 5) is 14.2. The SMILES string of the molecule is O=C1N=NC=C1CC(Cc1ccc(Cl)cc1)N1CCCCC1. The molecule has 0 radical (unpaired) electrons. The Bertz CT molecular complexity index is 588. The standard InChI is InChI=1S/C17H20ClN3O/c18-15-6-4-13(5-7-15)10-16(21-8-2-1-3-9-21)11-14-12-19-20-17(14)22/h4-7,12,16H,1-3,8-11H2. The molecule has 0 bridgehead atoms. The lowest BCUT2D eigenvalue weighted by Crippen LogP contribution is -2.41. The van der Waals surface area contributed by atoms with Crippen molar-refractivity contribution in [2.75, 3.05) is 13.1 Å². The summed E-state index contributed by atoms with van der Waals surface area (Å²) in [5, 5.41) is 8.09. The fourth-order valence-electron chi connectivity index (χ4n) is 3.17. The summed E-state index contributed by atoms with van der Waals surface area (Å²) in [7, 11) is 0. The van der Waals surface area contributed by atoms with Gasteiger partial charge in [0.2, 0.25) is 0 Å². The highest BCUT2D eigenvalue weighted by Crippen LogP contribution is 2.24. The molecule has 1 unspecified atom stereocenters. The van der Waals surface area contributed by atoms with Gasteiger partial charge in [0.05, 0.1) is 6.20 Å². The first kappa shape index (κ1) is 15.4. The van der Waals surface area contributed by atoms with Gasteiger partial charge in [0.25, 0.3) is 5.91 Å². The Morgan fingerprint density at radius 2 is 1.82 bits per heavy atom. The number of piperidine rings is 1. The zero-order chi connectivity index (χ0) is 15.4. The minimum Gasteiger partial charge on any atom is -0.300 e. The molecule has 1 aromatic rings. The van der Waals surface area contributed by atoms with Gasteiger partial charge in [0.1, 0.15) is 0 Å². The maximum atomic E-state index is 11.7. The Morgan fingerprint density at radius 3 is 2.45 bits per heavy atom. The molecule has 116 valence electrons. The average molecular weight is 318 g/mol. The fourth-order valence-corrected chi connectivity index (χ4v) is 3.30. The molecule has 2 heterocycles. The normalized spacial score (nSPS) is 20.2. The monoisotopic (exact) mass is 317 g/mol. The van der Waals surface area contributed by atoms with Gasteiger partial charge in [-0.3, -0.25) is 9.69 Å². The Kier molecular flexibility index (Phi) is 5.01. The van der Waals surface area contributed by atoms with Gasteiger partial charge in [-0.25, -0.2) is 0 Å². The number of azo groups is 1. The van der Waals surface area contributed by atoms with Crippen LogP contribution in [-0.4, -0.2) is 29.9 Å². The summed E-state index contributed by atoms with van der Waals surface area (Å²) in [6.07, 6.45) is 7.02. The molecule has 0 saturated carbocycles. The van der Waals surface area contributed by atoms with Gasteiger partial charge in [-0.05, 0) is 56.5 Å². The highest BCUT2D eigenvalue weighted by Gasteiger charge is 2.25. The number of halogens is 1. The second-order valence-corrected chi connectivity index (χ2v) is 6.40. The van der Waals surface area contributed by atoms with E-state index >= 15 is 0 Å². The Labute approximate surface area is 135 Å². The van der Waals surface area contributed by atoms with Crippen LogP contribution in [0.5, 0.6) is 0 Å². The molecule has 2 aliphatic rings. The van der Waals surface area contributed by atoms with Crippen LogP contribution in [-0.2, 0) is 11.2 Å². The smallest absolute Gasteiger partial charge is 0.293 e. The number of benzene rings is 1. The molecule has 5 heteroatoms. The molecule has 0 aliphatic carbocycles. The predicted molar refractivity (Wildman–Crippen MR) is 86.9 cm³/mol. The molecular weight excluding hydrogens is 298 g/mol. The molecule has 0 spiro atoms. The van der Waals surface area contributed by atoms with E-state index in [1.807, 2.05) is 12.1 Å². The molecule has 4 nitrogen and oxygen atoms in total. The highest BCUT2D eigenvalue weighted by molar-refractivity contribution is 6.30. The Morgan fingerprint density at radius 1 is 1.09 bits per heavy atom. The van der Waals surface area contributed by atoms with Crippen molar-refractivity contribution < 1.29 is 4.79 Å². The quantitative estimate of drug-likeness (QED) is 0.823. The zero-order valence-electron chi connectivity index (χ0n) is 12.5. The number of carbonyl (C=O) groups is 1. The van der Waals surface area contributed by atoms with Gasteiger partial charge in [-0.2, -0.15) is 5.11 Å². The number of nitrogens with zero attached hydrogens (tertiary/aromatic N) is 3. The van der Waals surface area contributed by atoms with Crippen LogP contribution in [0.1, 0.15) is 31.2 Å². The van der Waals surface area contributed by atoms with Gasteiger partial charge < -0.3 is 0 Å². The third kappa shape index (κ3) is 3.81. The van der Waals surface area contributed by atoms with Crippen LogP contribution < -0.4 is 0 Å². The summed E-state index contributed by atoms with van der Waals surface area (Å²) in [5.41, 5.74) is 1.98.